The van der Waals surface area contributed by atoms with Crippen molar-refractivity contribution in [1.82, 2.24) is 15.1 Å². The van der Waals surface area contributed by atoms with Gasteiger partial charge in [-0.1, -0.05) is 26.0 Å². The maximum atomic E-state index is 13.2. The standard InChI is InChI=1S/C21H35FN4.HI/c1-4-23-21(24-13-8-10-18-9-7-11-20(22)15-18)26-14-12-19(17-26)16-25(5-2)6-3;/h7,9,11,15,19H,4-6,8,10,12-14,16-17H2,1-3H3,(H,23,24);1H. The van der Waals surface area contributed by atoms with E-state index in [1.165, 1.54) is 19.0 Å². The molecule has 0 spiro atoms. The summed E-state index contributed by atoms with van der Waals surface area (Å²) in [6.45, 7) is 13.9. The van der Waals surface area contributed by atoms with Crippen LogP contribution < -0.4 is 5.32 Å². The Morgan fingerprint density at radius 1 is 1.30 bits per heavy atom. The molecule has 0 aliphatic carbocycles. The number of aryl methyl sites for hydroxylation is 1. The SMILES string of the molecule is CCNC(=NCCCc1cccc(F)c1)N1CCC(CN(CC)CC)C1.I. The molecule has 1 aliphatic rings. The smallest absolute Gasteiger partial charge is 0.193 e. The molecule has 154 valence electrons. The molecule has 1 atom stereocenters. The fraction of sp³-hybridized carbons (Fsp3) is 0.667. The van der Waals surface area contributed by atoms with E-state index >= 15 is 0 Å². The van der Waals surface area contributed by atoms with Crippen LogP contribution in [-0.2, 0) is 6.42 Å². The fourth-order valence-electron chi connectivity index (χ4n) is 3.61. The molecule has 1 heterocycles. The molecule has 1 unspecified atom stereocenters. The van der Waals surface area contributed by atoms with Gasteiger partial charge in [0.25, 0.3) is 0 Å². The monoisotopic (exact) mass is 490 g/mol. The Morgan fingerprint density at radius 2 is 2.07 bits per heavy atom. The first-order chi connectivity index (χ1) is 12.7. The van der Waals surface area contributed by atoms with Crippen LogP contribution in [-0.4, -0.2) is 61.6 Å². The minimum Gasteiger partial charge on any atom is -0.357 e. The molecule has 0 radical (unpaired) electrons. The zero-order chi connectivity index (χ0) is 18.8. The molecular weight excluding hydrogens is 454 g/mol. The van der Waals surface area contributed by atoms with Gasteiger partial charge in [0.1, 0.15) is 5.82 Å². The van der Waals surface area contributed by atoms with Gasteiger partial charge in [-0.25, -0.2) is 4.39 Å². The van der Waals surface area contributed by atoms with E-state index in [9.17, 15) is 4.39 Å². The first kappa shape index (κ1) is 24.1. The largest absolute Gasteiger partial charge is 0.357 e. The van der Waals surface area contributed by atoms with Crippen LogP contribution in [0.25, 0.3) is 0 Å². The second-order valence-corrected chi connectivity index (χ2v) is 7.06. The summed E-state index contributed by atoms with van der Waals surface area (Å²) in [7, 11) is 0. The van der Waals surface area contributed by atoms with Crippen LogP contribution in [0.2, 0.25) is 0 Å². The fourth-order valence-corrected chi connectivity index (χ4v) is 3.61. The summed E-state index contributed by atoms with van der Waals surface area (Å²) in [6, 6.07) is 6.87. The van der Waals surface area contributed by atoms with E-state index in [2.05, 4.69) is 35.9 Å². The van der Waals surface area contributed by atoms with Crippen LogP contribution in [0.5, 0.6) is 0 Å². The van der Waals surface area contributed by atoms with E-state index in [0.29, 0.717) is 0 Å². The number of hydrogen-bond donors (Lipinski definition) is 1. The second kappa shape index (κ2) is 13.3. The molecule has 6 heteroatoms. The highest BCUT2D eigenvalue weighted by molar-refractivity contribution is 14.0. The van der Waals surface area contributed by atoms with E-state index in [-0.39, 0.29) is 29.8 Å². The zero-order valence-electron chi connectivity index (χ0n) is 17.1. The molecule has 1 aliphatic heterocycles. The summed E-state index contributed by atoms with van der Waals surface area (Å²) in [5.41, 5.74) is 1.05. The van der Waals surface area contributed by atoms with Gasteiger partial charge in [0.05, 0.1) is 0 Å². The van der Waals surface area contributed by atoms with Crippen molar-refractivity contribution >= 4 is 29.9 Å². The number of guanidine groups is 1. The quantitative estimate of drug-likeness (QED) is 0.246. The average Bonchev–Trinajstić information content (AvgIpc) is 3.11. The van der Waals surface area contributed by atoms with Gasteiger partial charge in [0, 0.05) is 32.7 Å². The molecule has 27 heavy (non-hydrogen) atoms. The van der Waals surface area contributed by atoms with Gasteiger partial charge < -0.3 is 15.1 Å². The van der Waals surface area contributed by atoms with Crippen LogP contribution >= 0.6 is 24.0 Å². The number of halogens is 2. The van der Waals surface area contributed by atoms with Gasteiger partial charge in [-0.2, -0.15) is 0 Å². The van der Waals surface area contributed by atoms with Crippen molar-refractivity contribution < 1.29 is 4.39 Å². The lowest BCUT2D eigenvalue weighted by Crippen LogP contribution is -2.41. The molecule has 1 aromatic carbocycles. The molecule has 4 nitrogen and oxygen atoms in total. The van der Waals surface area contributed by atoms with E-state index in [1.54, 1.807) is 12.1 Å². The Kier molecular flexibility index (Phi) is 11.9. The van der Waals surface area contributed by atoms with Gasteiger partial charge in [0.15, 0.2) is 5.96 Å². The van der Waals surface area contributed by atoms with Gasteiger partial charge in [-0.05, 0) is 62.9 Å². The molecule has 0 amide bonds. The summed E-state index contributed by atoms with van der Waals surface area (Å²) in [5.74, 6) is 1.61. The number of likely N-dealkylation sites (tertiary alicyclic amines) is 1. The maximum absolute atomic E-state index is 13.2. The summed E-state index contributed by atoms with van der Waals surface area (Å²) in [4.78, 5) is 9.72. The van der Waals surface area contributed by atoms with E-state index < -0.39 is 0 Å². The van der Waals surface area contributed by atoms with Gasteiger partial charge >= 0.3 is 0 Å². The first-order valence-electron chi connectivity index (χ1n) is 10.2. The van der Waals surface area contributed by atoms with Crippen LogP contribution in [0.15, 0.2) is 29.3 Å². The zero-order valence-corrected chi connectivity index (χ0v) is 19.4. The van der Waals surface area contributed by atoms with Crippen LogP contribution in [0.4, 0.5) is 4.39 Å². The van der Waals surface area contributed by atoms with Crippen LogP contribution in [0.3, 0.4) is 0 Å². The lowest BCUT2D eigenvalue weighted by Gasteiger charge is -2.24. The Balaban J connectivity index is 0.00000364. The molecular formula is C21H36FIN4. The molecule has 1 N–H and O–H groups in total. The third-order valence-electron chi connectivity index (χ3n) is 5.11. The summed E-state index contributed by atoms with van der Waals surface area (Å²) < 4.78 is 13.2. The maximum Gasteiger partial charge on any atom is 0.193 e. The molecule has 1 saturated heterocycles. The molecule has 1 fully saturated rings. The molecule has 0 saturated carbocycles. The Hall–Kier alpha value is -0.890. The topological polar surface area (TPSA) is 30.9 Å². The number of rotatable bonds is 9. The van der Waals surface area contributed by atoms with Crippen molar-refractivity contribution in [3.05, 3.63) is 35.6 Å². The number of aliphatic imine (C=N–C) groups is 1. The Labute approximate surface area is 181 Å². The molecule has 2 rings (SSSR count). The molecule has 0 bridgehead atoms. The van der Waals surface area contributed by atoms with Crippen LogP contribution in [0.1, 0.15) is 39.2 Å². The second-order valence-electron chi connectivity index (χ2n) is 7.06. The van der Waals surface area contributed by atoms with E-state index in [0.717, 1.165) is 69.6 Å². The average molecular weight is 490 g/mol. The number of benzene rings is 1. The highest BCUT2D eigenvalue weighted by Crippen LogP contribution is 2.17. The third kappa shape index (κ3) is 8.34. The van der Waals surface area contributed by atoms with E-state index in [4.69, 9.17) is 4.99 Å². The molecule has 1 aromatic rings. The third-order valence-corrected chi connectivity index (χ3v) is 5.11. The highest BCUT2D eigenvalue weighted by Gasteiger charge is 2.25. The predicted molar refractivity (Wildman–Crippen MR) is 124 cm³/mol. The number of nitrogens with zero attached hydrogens (tertiary/aromatic N) is 3. The minimum absolute atomic E-state index is 0. The van der Waals surface area contributed by atoms with Crippen molar-refractivity contribution in [2.75, 3.05) is 45.8 Å². The predicted octanol–water partition coefficient (Wildman–Crippen LogP) is 4.01. The summed E-state index contributed by atoms with van der Waals surface area (Å²) >= 11 is 0. The Bertz CT molecular complexity index is 563. The van der Waals surface area contributed by atoms with E-state index in [1.807, 2.05) is 6.07 Å². The summed E-state index contributed by atoms with van der Waals surface area (Å²) in [6.07, 6.45) is 3.05. The van der Waals surface area contributed by atoms with Gasteiger partial charge in [0.2, 0.25) is 0 Å². The first-order valence-corrected chi connectivity index (χ1v) is 10.2. The van der Waals surface area contributed by atoms with Crippen molar-refractivity contribution in [2.45, 2.75) is 40.0 Å². The normalized spacial score (nSPS) is 17.3. The van der Waals surface area contributed by atoms with Crippen molar-refractivity contribution in [3.63, 3.8) is 0 Å². The van der Waals surface area contributed by atoms with Crippen LogP contribution in [0, 0.1) is 11.7 Å². The molecule has 0 aromatic heterocycles. The van der Waals surface area contributed by atoms with Crippen molar-refractivity contribution in [3.8, 4) is 0 Å². The summed E-state index contributed by atoms with van der Waals surface area (Å²) in [5, 5.41) is 3.44. The lowest BCUT2D eigenvalue weighted by molar-refractivity contribution is 0.255. The highest BCUT2D eigenvalue weighted by atomic mass is 127. The minimum atomic E-state index is -0.157. The lowest BCUT2D eigenvalue weighted by atomic mass is 10.1. The number of nitrogens with one attached hydrogen (secondary N) is 1. The van der Waals surface area contributed by atoms with Crippen molar-refractivity contribution in [2.24, 2.45) is 10.9 Å². The van der Waals surface area contributed by atoms with Gasteiger partial charge in [-0.3, -0.25) is 4.99 Å². The Morgan fingerprint density at radius 3 is 2.74 bits per heavy atom. The van der Waals surface area contributed by atoms with Crippen molar-refractivity contribution in [1.29, 1.82) is 0 Å². The van der Waals surface area contributed by atoms with Gasteiger partial charge in [-0.15, -0.1) is 24.0 Å². The number of hydrogen-bond acceptors (Lipinski definition) is 2.